The summed E-state index contributed by atoms with van der Waals surface area (Å²) in [6.45, 7) is 3.07. The third kappa shape index (κ3) is 3.40. The second-order valence-corrected chi connectivity index (χ2v) is 4.63. The maximum Gasteiger partial charge on any atom is 0.128 e. The van der Waals surface area contributed by atoms with Crippen molar-refractivity contribution >= 4 is 5.69 Å². The molecule has 1 fully saturated rings. The van der Waals surface area contributed by atoms with Gasteiger partial charge in [0.25, 0.3) is 0 Å². The Morgan fingerprint density at radius 2 is 1.78 bits per heavy atom. The average Bonchev–Trinajstić information content (AvgIpc) is 2.36. The highest BCUT2D eigenvalue weighted by Gasteiger charge is 2.19. The average molecular weight is 255 g/mol. The number of anilines is 1. The van der Waals surface area contributed by atoms with E-state index in [1.54, 1.807) is 0 Å². The summed E-state index contributed by atoms with van der Waals surface area (Å²) in [4.78, 5) is 2.02. The largest absolute Gasteiger partial charge is 0.371 e. The summed E-state index contributed by atoms with van der Waals surface area (Å²) in [5.74, 6) is -1.04. The first-order chi connectivity index (χ1) is 8.69. The Hall–Kier alpha value is -1.20. The predicted octanol–water partition coefficient (Wildman–Crippen LogP) is 1.48. The summed E-state index contributed by atoms with van der Waals surface area (Å²) in [7, 11) is 0. The van der Waals surface area contributed by atoms with Crippen LogP contribution in [0.25, 0.3) is 0 Å². The number of hydrogen-bond acceptors (Lipinski definition) is 3. The Kier molecular flexibility index (Phi) is 4.49. The van der Waals surface area contributed by atoms with Gasteiger partial charge < -0.3 is 16.0 Å². The van der Waals surface area contributed by atoms with Crippen LogP contribution in [0.2, 0.25) is 0 Å². The topological polar surface area (TPSA) is 41.3 Å². The fourth-order valence-electron chi connectivity index (χ4n) is 2.35. The monoisotopic (exact) mass is 255 g/mol. The Bertz CT molecular complexity index is 370. The van der Waals surface area contributed by atoms with Crippen LogP contribution in [0.1, 0.15) is 12.8 Å². The van der Waals surface area contributed by atoms with Crippen molar-refractivity contribution in [1.82, 2.24) is 5.32 Å². The van der Waals surface area contributed by atoms with Gasteiger partial charge in [-0.15, -0.1) is 0 Å². The lowest BCUT2D eigenvalue weighted by Gasteiger charge is -2.34. The van der Waals surface area contributed by atoms with Gasteiger partial charge in [0.1, 0.15) is 11.6 Å². The van der Waals surface area contributed by atoms with E-state index in [1.807, 2.05) is 4.90 Å². The first kappa shape index (κ1) is 13.2. The zero-order valence-electron chi connectivity index (χ0n) is 10.3. The molecule has 100 valence electrons. The van der Waals surface area contributed by atoms with Crippen LogP contribution >= 0.6 is 0 Å². The predicted molar refractivity (Wildman–Crippen MR) is 68.7 cm³/mol. The lowest BCUT2D eigenvalue weighted by Crippen LogP contribution is -2.43. The van der Waals surface area contributed by atoms with Crippen LogP contribution in [-0.2, 0) is 0 Å². The summed E-state index contributed by atoms with van der Waals surface area (Å²) in [6.07, 6.45) is 1.94. The zero-order valence-corrected chi connectivity index (χ0v) is 10.3. The number of piperidine rings is 1. The smallest absolute Gasteiger partial charge is 0.128 e. The molecule has 1 aromatic rings. The molecule has 5 heteroatoms. The molecule has 0 radical (unpaired) electrons. The van der Waals surface area contributed by atoms with Gasteiger partial charge in [-0.25, -0.2) is 8.78 Å². The zero-order chi connectivity index (χ0) is 13.0. The molecule has 1 heterocycles. The molecule has 2 rings (SSSR count). The van der Waals surface area contributed by atoms with Crippen molar-refractivity contribution in [2.45, 2.75) is 18.9 Å². The molecule has 1 aliphatic heterocycles. The van der Waals surface area contributed by atoms with Crippen LogP contribution in [0.15, 0.2) is 18.2 Å². The minimum absolute atomic E-state index is 0.461. The van der Waals surface area contributed by atoms with E-state index in [1.165, 1.54) is 12.1 Å². The van der Waals surface area contributed by atoms with E-state index in [0.717, 1.165) is 38.5 Å². The van der Waals surface area contributed by atoms with Gasteiger partial charge in [-0.2, -0.15) is 0 Å². The fraction of sp³-hybridized carbons (Fsp3) is 0.538. The van der Waals surface area contributed by atoms with E-state index in [9.17, 15) is 8.78 Å². The highest BCUT2D eigenvalue weighted by atomic mass is 19.1. The molecule has 0 atom stereocenters. The van der Waals surface area contributed by atoms with Crippen LogP contribution in [0.5, 0.6) is 0 Å². The minimum atomic E-state index is -0.520. The van der Waals surface area contributed by atoms with Crippen molar-refractivity contribution < 1.29 is 8.78 Å². The van der Waals surface area contributed by atoms with Crippen LogP contribution in [0.4, 0.5) is 14.5 Å². The quantitative estimate of drug-likeness (QED) is 0.856. The van der Waals surface area contributed by atoms with Crippen LogP contribution in [0, 0.1) is 11.6 Å². The van der Waals surface area contributed by atoms with Gasteiger partial charge in [0.05, 0.1) is 0 Å². The minimum Gasteiger partial charge on any atom is -0.371 e. The Morgan fingerprint density at radius 3 is 2.33 bits per heavy atom. The van der Waals surface area contributed by atoms with E-state index in [0.29, 0.717) is 18.3 Å². The normalized spacial score (nSPS) is 17.2. The summed E-state index contributed by atoms with van der Waals surface area (Å²) in [5, 5.41) is 3.37. The number of rotatable bonds is 4. The summed E-state index contributed by atoms with van der Waals surface area (Å²) < 4.78 is 26.3. The maximum absolute atomic E-state index is 13.1. The van der Waals surface area contributed by atoms with Gasteiger partial charge in [-0.05, 0) is 25.0 Å². The van der Waals surface area contributed by atoms with Crippen molar-refractivity contribution in [3.63, 3.8) is 0 Å². The maximum atomic E-state index is 13.1. The second-order valence-electron chi connectivity index (χ2n) is 4.63. The van der Waals surface area contributed by atoms with Crippen LogP contribution in [0.3, 0.4) is 0 Å². The molecule has 18 heavy (non-hydrogen) atoms. The molecule has 0 aromatic heterocycles. The second kappa shape index (κ2) is 6.11. The Labute approximate surface area is 106 Å². The molecule has 1 saturated heterocycles. The van der Waals surface area contributed by atoms with E-state index < -0.39 is 11.6 Å². The van der Waals surface area contributed by atoms with Crippen LogP contribution in [-0.4, -0.2) is 32.2 Å². The molecule has 1 aliphatic rings. The highest BCUT2D eigenvalue weighted by Crippen LogP contribution is 2.22. The summed E-state index contributed by atoms with van der Waals surface area (Å²) in [5.41, 5.74) is 6.07. The van der Waals surface area contributed by atoms with Gasteiger partial charge in [0.2, 0.25) is 0 Å². The number of nitrogens with one attached hydrogen (secondary N) is 1. The molecule has 0 bridgehead atoms. The van der Waals surface area contributed by atoms with Crippen molar-refractivity contribution in [3.8, 4) is 0 Å². The van der Waals surface area contributed by atoms with Crippen molar-refractivity contribution in [2.75, 3.05) is 31.1 Å². The van der Waals surface area contributed by atoms with E-state index >= 15 is 0 Å². The Balaban J connectivity index is 1.92. The molecule has 0 saturated carbocycles. The summed E-state index contributed by atoms with van der Waals surface area (Å²) >= 11 is 0. The van der Waals surface area contributed by atoms with E-state index in [2.05, 4.69) is 5.32 Å². The molecule has 0 amide bonds. The fourth-order valence-corrected chi connectivity index (χ4v) is 2.35. The van der Waals surface area contributed by atoms with Crippen LogP contribution < -0.4 is 16.0 Å². The molecule has 1 aromatic carbocycles. The number of hydrogen-bond donors (Lipinski definition) is 2. The van der Waals surface area contributed by atoms with Crippen molar-refractivity contribution in [3.05, 3.63) is 29.8 Å². The molecule has 0 unspecified atom stereocenters. The SMILES string of the molecule is NCCNC1CCN(c2cc(F)cc(F)c2)CC1. The van der Waals surface area contributed by atoms with Gasteiger partial charge in [-0.3, -0.25) is 0 Å². The van der Waals surface area contributed by atoms with Gasteiger partial charge >= 0.3 is 0 Å². The van der Waals surface area contributed by atoms with Gasteiger partial charge in [0, 0.05) is 44.0 Å². The molecule has 3 nitrogen and oxygen atoms in total. The van der Waals surface area contributed by atoms with E-state index in [-0.39, 0.29) is 0 Å². The van der Waals surface area contributed by atoms with Crippen molar-refractivity contribution in [1.29, 1.82) is 0 Å². The van der Waals surface area contributed by atoms with Gasteiger partial charge in [-0.1, -0.05) is 0 Å². The number of benzene rings is 1. The first-order valence-corrected chi connectivity index (χ1v) is 6.33. The first-order valence-electron chi connectivity index (χ1n) is 6.33. The molecule has 0 aliphatic carbocycles. The number of halogens is 2. The summed E-state index contributed by atoms with van der Waals surface area (Å²) in [6, 6.07) is 4.13. The third-order valence-corrected chi connectivity index (χ3v) is 3.28. The van der Waals surface area contributed by atoms with Crippen molar-refractivity contribution in [2.24, 2.45) is 5.73 Å². The third-order valence-electron chi connectivity index (χ3n) is 3.28. The lowest BCUT2D eigenvalue weighted by molar-refractivity contribution is 0.419. The van der Waals surface area contributed by atoms with Gasteiger partial charge in [0.15, 0.2) is 0 Å². The highest BCUT2D eigenvalue weighted by molar-refractivity contribution is 5.47. The van der Waals surface area contributed by atoms with E-state index in [4.69, 9.17) is 5.73 Å². The molecular weight excluding hydrogens is 236 g/mol. The molecule has 3 N–H and O–H groups in total. The molecule has 0 spiro atoms. The standard InChI is InChI=1S/C13H19F2N3/c14-10-7-11(15)9-13(8-10)18-5-1-12(2-6-18)17-4-3-16/h7-9,12,17H,1-6,16H2. The number of nitrogens with zero attached hydrogens (tertiary/aromatic N) is 1. The number of nitrogens with two attached hydrogens (primary N) is 1. The molecular formula is C13H19F2N3. The lowest BCUT2D eigenvalue weighted by atomic mass is 10.0. The Morgan fingerprint density at radius 1 is 1.17 bits per heavy atom.